The number of aromatic nitrogens is 1. The summed E-state index contributed by atoms with van der Waals surface area (Å²) >= 11 is 1.61. The number of nitrogens with zero attached hydrogens (tertiary/aromatic N) is 1. The topological polar surface area (TPSA) is 50.9 Å². The maximum atomic E-state index is 13.8. The number of thioether (sulfide) groups is 1. The molecule has 0 saturated heterocycles. The summed E-state index contributed by atoms with van der Waals surface area (Å²) in [6, 6.07) is 9.05. The van der Waals surface area contributed by atoms with Crippen LogP contribution in [0.3, 0.4) is 0 Å². The number of hydrazine groups is 1. The lowest BCUT2D eigenvalue weighted by atomic mass is 10.00. The first-order chi connectivity index (χ1) is 8.77. The third kappa shape index (κ3) is 2.53. The van der Waals surface area contributed by atoms with E-state index >= 15 is 0 Å². The Morgan fingerprint density at radius 3 is 2.72 bits per heavy atom. The molecule has 1 atom stereocenters. The van der Waals surface area contributed by atoms with Gasteiger partial charge in [-0.15, -0.1) is 11.8 Å². The lowest BCUT2D eigenvalue weighted by Gasteiger charge is -2.19. The van der Waals surface area contributed by atoms with Crippen molar-refractivity contribution in [3.05, 3.63) is 59.7 Å². The number of pyridine rings is 1. The summed E-state index contributed by atoms with van der Waals surface area (Å²) in [4.78, 5) is 4.82. The Morgan fingerprint density at radius 2 is 2.06 bits per heavy atom. The van der Waals surface area contributed by atoms with Crippen molar-refractivity contribution in [2.75, 3.05) is 6.26 Å². The van der Waals surface area contributed by atoms with Crippen LogP contribution in [-0.2, 0) is 0 Å². The quantitative estimate of drug-likeness (QED) is 0.505. The Bertz CT molecular complexity index is 533. The fourth-order valence-electron chi connectivity index (χ4n) is 1.87. The molecule has 0 aliphatic rings. The van der Waals surface area contributed by atoms with Crippen molar-refractivity contribution in [3.8, 4) is 0 Å². The van der Waals surface area contributed by atoms with Crippen LogP contribution in [0.15, 0.2) is 47.6 Å². The summed E-state index contributed by atoms with van der Waals surface area (Å²) in [5.41, 5.74) is 4.12. The highest BCUT2D eigenvalue weighted by Gasteiger charge is 2.18. The average Bonchev–Trinajstić information content (AvgIpc) is 2.42. The van der Waals surface area contributed by atoms with Crippen LogP contribution in [-0.4, -0.2) is 11.2 Å². The molecule has 1 aromatic heterocycles. The highest BCUT2D eigenvalue weighted by Crippen LogP contribution is 2.30. The summed E-state index contributed by atoms with van der Waals surface area (Å²) in [6.07, 6.45) is 4.74. The molecule has 0 aliphatic carbocycles. The molecule has 94 valence electrons. The van der Waals surface area contributed by atoms with E-state index in [1.54, 1.807) is 24.0 Å². The van der Waals surface area contributed by atoms with Crippen LogP contribution >= 0.6 is 11.8 Å². The molecule has 3 nitrogen and oxygen atoms in total. The van der Waals surface area contributed by atoms with Gasteiger partial charge >= 0.3 is 0 Å². The molecule has 2 rings (SSSR count). The lowest BCUT2D eigenvalue weighted by molar-refractivity contribution is 0.552. The summed E-state index contributed by atoms with van der Waals surface area (Å²) in [5.74, 6) is 5.22. The Labute approximate surface area is 110 Å². The van der Waals surface area contributed by atoms with Crippen LogP contribution in [0.1, 0.15) is 17.2 Å². The van der Waals surface area contributed by atoms with Gasteiger partial charge in [-0.1, -0.05) is 18.2 Å². The predicted molar refractivity (Wildman–Crippen MR) is 71.6 cm³/mol. The molecule has 1 unspecified atom stereocenters. The van der Waals surface area contributed by atoms with Crippen molar-refractivity contribution in [1.29, 1.82) is 0 Å². The molecule has 0 fully saturated rings. The van der Waals surface area contributed by atoms with Crippen LogP contribution in [0.5, 0.6) is 0 Å². The minimum atomic E-state index is -0.378. The number of halogens is 1. The van der Waals surface area contributed by atoms with E-state index in [0.29, 0.717) is 5.56 Å². The van der Waals surface area contributed by atoms with Gasteiger partial charge in [0.1, 0.15) is 5.82 Å². The van der Waals surface area contributed by atoms with Crippen LogP contribution in [0.25, 0.3) is 0 Å². The number of nitrogens with two attached hydrogens (primary N) is 1. The van der Waals surface area contributed by atoms with Crippen molar-refractivity contribution in [2.24, 2.45) is 5.84 Å². The SMILES string of the molecule is CSc1ccccc1C(NN)c1ccncc1F. The Kier molecular flexibility index (Phi) is 4.30. The van der Waals surface area contributed by atoms with Gasteiger partial charge in [-0.05, 0) is 24.0 Å². The van der Waals surface area contributed by atoms with Gasteiger partial charge in [0.2, 0.25) is 0 Å². The highest BCUT2D eigenvalue weighted by molar-refractivity contribution is 7.98. The normalized spacial score (nSPS) is 12.4. The smallest absolute Gasteiger partial charge is 0.146 e. The van der Waals surface area contributed by atoms with Gasteiger partial charge in [-0.25, -0.2) is 9.82 Å². The molecule has 0 spiro atoms. The molecule has 5 heteroatoms. The minimum Gasteiger partial charge on any atom is -0.271 e. The van der Waals surface area contributed by atoms with Crippen molar-refractivity contribution in [1.82, 2.24) is 10.4 Å². The van der Waals surface area contributed by atoms with E-state index in [4.69, 9.17) is 5.84 Å². The summed E-state index contributed by atoms with van der Waals surface area (Å²) in [5, 5.41) is 0. The van der Waals surface area contributed by atoms with E-state index in [1.165, 1.54) is 6.20 Å². The maximum absolute atomic E-state index is 13.8. The van der Waals surface area contributed by atoms with Crippen molar-refractivity contribution in [2.45, 2.75) is 10.9 Å². The van der Waals surface area contributed by atoms with Crippen molar-refractivity contribution >= 4 is 11.8 Å². The summed E-state index contributed by atoms with van der Waals surface area (Å²) in [7, 11) is 0. The zero-order valence-corrected chi connectivity index (χ0v) is 10.7. The number of hydrogen-bond acceptors (Lipinski definition) is 4. The van der Waals surface area contributed by atoms with Crippen LogP contribution < -0.4 is 11.3 Å². The summed E-state index contributed by atoms with van der Waals surface area (Å²) in [6.45, 7) is 0. The predicted octanol–water partition coefficient (Wildman–Crippen LogP) is 2.50. The largest absolute Gasteiger partial charge is 0.271 e. The third-order valence-electron chi connectivity index (χ3n) is 2.73. The Hall–Kier alpha value is -1.43. The molecular weight excluding hydrogens is 249 g/mol. The monoisotopic (exact) mass is 263 g/mol. The number of rotatable bonds is 4. The zero-order valence-electron chi connectivity index (χ0n) is 9.93. The van der Waals surface area contributed by atoms with E-state index in [-0.39, 0.29) is 11.9 Å². The molecule has 18 heavy (non-hydrogen) atoms. The second kappa shape index (κ2) is 5.95. The molecule has 0 aliphatic heterocycles. The molecule has 0 amide bonds. The first-order valence-electron chi connectivity index (χ1n) is 5.46. The van der Waals surface area contributed by atoms with E-state index in [1.807, 2.05) is 30.5 Å². The standard InChI is InChI=1S/C13H14FN3S/c1-18-12-5-3-2-4-10(12)13(17-15)9-6-7-16-8-11(9)14/h2-8,13,17H,15H2,1H3. The zero-order chi connectivity index (χ0) is 13.0. The average molecular weight is 263 g/mol. The molecule has 1 aromatic carbocycles. The summed E-state index contributed by atoms with van der Waals surface area (Å²) < 4.78 is 13.8. The van der Waals surface area contributed by atoms with Gasteiger partial charge in [0.25, 0.3) is 0 Å². The number of benzene rings is 1. The lowest BCUT2D eigenvalue weighted by Crippen LogP contribution is -2.30. The van der Waals surface area contributed by atoms with E-state index in [0.717, 1.165) is 10.5 Å². The third-order valence-corrected chi connectivity index (χ3v) is 3.54. The van der Waals surface area contributed by atoms with Gasteiger partial charge in [0, 0.05) is 16.7 Å². The fraction of sp³-hybridized carbons (Fsp3) is 0.154. The van der Waals surface area contributed by atoms with Crippen molar-refractivity contribution in [3.63, 3.8) is 0 Å². The molecule has 0 radical (unpaired) electrons. The van der Waals surface area contributed by atoms with E-state index in [9.17, 15) is 4.39 Å². The van der Waals surface area contributed by atoms with Gasteiger partial charge in [-0.2, -0.15) is 0 Å². The van der Waals surface area contributed by atoms with Gasteiger partial charge in [0.05, 0.1) is 12.2 Å². The van der Waals surface area contributed by atoms with Crippen LogP contribution in [0.2, 0.25) is 0 Å². The van der Waals surface area contributed by atoms with Gasteiger partial charge in [-0.3, -0.25) is 10.8 Å². The molecule has 1 heterocycles. The Morgan fingerprint density at radius 1 is 1.28 bits per heavy atom. The van der Waals surface area contributed by atoms with Crippen molar-refractivity contribution < 1.29 is 4.39 Å². The molecular formula is C13H14FN3S. The minimum absolute atomic E-state index is 0.364. The molecule has 3 N–H and O–H groups in total. The van der Waals surface area contributed by atoms with Gasteiger partial charge < -0.3 is 0 Å². The number of hydrogen-bond donors (Lipinski definition) is 2. The first-order valence-corrected chi connectivity index (χ1v) is 6.69. The molecule has 0 saturated carbocycles. The molecule has 0 bridgehead atoms. The molecule has 2 aromatic rings. The second-order valence-electron chi connectivity index (χ2n) is 3.74. The van der Waals surface area contributed by atoms with Crippen LogP contribution in [0, 0.1) is 5.82 Å². The van der Waals surface area contributed by atoms with Crippen LogP contribution in [0.4, 0.5) is 4.39 Å². The maximum Gasteiger partial charge on any atom is 0.146 e. The van der Waals surface area contributed by atoms with E-state index < -0.39 is 0 Å². The Balaban J connectivity index is 2.49. The first kappa shape index (κ1) is 13.0. The highest BCUT2D eigenvalue weighted by atomic mass is 32.2. The number of nitrogens with one attached hydrogen (secondary N) is 1. The van der Waals surface area contributed by atoms with Gasteiger partial charge in [0.15, 0.2) is 0 Å². The fourth-order valence-corrected chi connectivity index (χ4v) is 2.51. The van der Waals surface area contributed by atoms with E-state index in [2.05, 4.69) is 10.4 Å². The second-order valence-corrected chi connectivity index (χ2v) is 4.59.